The van der Waals surface area contributed by atoms with E-state index in [1.807, 2.05) is 50.7 Å². The average molecular weight is 355 g/mol. The van der Waals surface area contributed by atoms with Crippen molar-refractivity contribution in [1.29, 1.82) is 0 Å². The highest BCUT2D eigenvalue weighted by molar-refractivity contribution is 5.79. The molecule has 0 spiro atoms. The quantitative estimate of drug-likeness (QED) is 0.629. The molecule has 3 aromatic rings. The largest absolute Gasteiger partial charge is 0.390 e. The molecule has 0 fully saturated rings. The van der Waals surface area contributed by atoms with Gasteiger partial charge in [-0.1, -0.05) is 0 Å². The number of nitrogens with zero attached hydrogens (tertiary/aromatic N) is 3. The van der Waals surface area contributed by atoms with Crippen molar-refractivity contribution in [1.82, 2.24) is 25.1 Å². The summed E-state index contributed by atoms with van der Waals surface area (Å²) in [5, 5.41) is 18.2. The minimum atomic E-state index is -0.122. The molecule has 3 N–H and O–H groups in total. The van der Waals surface area contributed by atoms with Crippen LogP contribution in [0, 0.1) is 13.8 Å². The highest BCUT2D eigenvalue weighted by Crippen LogP contribution is 2.21. The molecule has 3 aromatic heterocycles. The van der Waals surface area contributed by atoms with E-state index in [4.69, 9.17) is 0 Å². The molecule has 0 radical (unpaired) electrons. The predicted molar refractivity (Wildman–Crippen MR) is 101 cm³/mol. The van der Waals surface area contributed by atoms with Crippen molar-refractivity contribution in [2.75, 3.05) is 0 Å². The molecule has 0 aliphatic rings. The van der Waals surface area contributed by atoms with E-state index in [-0.39, 0.29) is 18.2 Å². The molecule has 0 saturated carbocycles. The number of rotatable bonds is 6. The molecular weight excluding hydrogens is 330 g/mol. The van der Waals surface area contributed by atoms with E-state index >= 15 is 0 Å². The fourth-order valence-electron chi connectivity index (χ4n) is 3.17. The number of aryl methyl sites for hydroxylation is 2. The van der Waals surface area contributed by atoms with Gasteiger partial charge in [-0.15, -0.1) is 0 Å². The van der Waals surface area contributed by atoms with Crippen LogP contribution in [-0.4, -0.2) is 24.9 Å². The molecule has 0 amide bonds. The Morgan fingerprint density at radius 3 is 2.69 bits per heavy atom. The number of aliphatic hydroxyl groups is 1. The Labute approximate surface area is 152 Å². The summed E-state index contributed by atoms with van der Waals surface area (Å²) < 4.78 is 1.85. The van der Waals surface area contributed by atoms with E-state index < -0.39 is 0 Å². The maximum atomic E-state index is 12.1. The number of H-pyrrole nitrogens is 1. The van der Waals surface area contributed by atoms with E-state index in [1.54, 1.807) is 0 Å². The van der Waals surface area contributed by atoms with Crippen molar-refractivity contribution in [2.24, 2.45) is 0 Å². The van der Waals surface area contributed by atoms with Gasteiger partial charge >= 0.3 is 0 Å². The van der Waals surface area contributed by atoms with Crippen LogP contribution in [0.25, 0.3) is 11.0 Å². The molecule has 0 bridgehead atoms. The molecule has 0 aliphatic carbocycles. The van der Waals surface area contributed by atoms with E-state index in [0.717, 1.165) is 33.4 Å². The van der Waals surface area contributed by atoms with E-state index in [1.165, 1.54) is 0 Å². The van der Waals surface area contributed by atoms with Crippen LogP contribution in [0.1, 0.15) is 48.0 Å². The zero-order valence-corrected chi connectivity index (χ0v) is 15.6. The maximum absolute atomic E-state index is 12.1. The Hall–Kier alpha value is -2.51. The zero-order chi connectivity index (χ0) is 18.8. The van der Waals surface area contributed by atoms with Crippen LogP contribution in [0.5, 0.6) is 0 Å². The summed E-state index contributed by atoms with van der Waals surface area (Å²) in [5.74, 6) is 0. The molecule has 0 saturated heterocycles. The van der Waals surface area contributed by atoms with Gasteiger partial charge in [-0.05, 0) is 51.0 Å². The first-order valence-electron chi connectivity index (χ1n) is 8.77. The van der Waals surface area contributed by atoms with Gasteiger partial charge in [0.05, 0.1) is 18.5 Å². The van der Waals surface area contributed by atoms with E-state index in [2.05, 4.69) is 20.4 Å². The van der Waals surface area contributed by atoms with Crippen molar-refractivity contribution in [3.63, 3.8) is 0 Å². The highest BCUT2D eigenvalue weighted by Gasteiger charge is 2.13. The lowest BCUT2D eigenvalue weighted by Crippen LogP contribution is -2.23. The van der Waals surface area contributed by atoms with E-state index in [0.29, 0.717) is 18.8 Å². The van der Waals surface area contributed by atoms with Crippen LogP contribution in [0.4, 0.5) is 0 Å². The van der Waals surface area contributed by atoms with Crippen LogP contribution < -0.4 is 10.9 Å². The molecule has 138 valence electrons. The van der Waals surface area contributed by atoms with E-state index in [9.17, 15) is 9.90 Å². The zero-order valence-electron chi connectivity index (χ0n) is 15.6. The predicted octanol–water partition coefficient (Wildman–Crippen LogP) is 2.10. The summed E-state index contributed by atoms with van der Waals surface area (Å²) in [7, 11) is 0. The van der Waals surface area contributed by atoms with Gasteiger partial charge in [0.1, 0.15) is 0 Å². The van der Waals surface area contributed by atoms with Gasteiger partial charge in [-0.3, -0.25) is 4.79 Å². The molecule has 7 heteroatoms. The lowest BCUT2D eigenvalue weighted by molar-refractivity contribution is 0.277. The summed E-state index contributed by atoms with van der Waals surface area (Å²) in [6, 6.07) is 4.04. The molecular formula is C19H25N5O2. The van der Waals surface area contributed by atoms with Gasteiger partial charge in [0, 0.05) is 35.8 Å². The Balaban J connectivity index is 1.86. The van der Waals surface area contributed by atoms with Gasteiger partial charge in [0.25, 0.3) is 5.56 Å². The van der Waals surface area contributed by atoms with Gasteiger partial charge in [-0.25, -0.2) is 9.67 Å². The van der Waals surface area contributed by atoms with Gasteiger partial charge in [0.15, 0.2) is 5.65 Å². The van der Waals surface area contributed by atoms with Crippen LogP contribution >= 0.6 is 0 Å². The normalized spacial score (nSPS) is 11.6. The third-order valence-corrected chi connectivity index (χ3v) is 4.47. The fourth-order valence-corrected chi connectivity index (χ4v) is 3.17. The number of pyridine rings is 2. The molecule has 3 heterocycles. The van der Waals surface area contributed by atoms with Crippen molar-refractivity contribution in [2.45, 2.75) is 53.4 Å². The molecule has 7 nitrogen and oxygen atoms in total. The van der Waals surface area contributed by atoms with Gasteiger partial charge in [-0.2, -0.15) is 5.10 Å². The van der Waals surface area contributed by atoms with Crippen LogP contribution in [-0.2, 0) is 19.7 Å². The van der Waals surface area contributed by atoms with Crippen LogP contribution in [0.15, 0.2) is 23.1 Å². The topological polar surface area (TPSA) is 95.8 Å². The Morgan fingerprint density at radius 1 is 1.27 bits per heavy atom. The first-order chi connectivity index (χ1) is 12.4. The number of hydrogen-bond donors (Lipinski definition) is 3. The van der Waals surface area contributed by atoms with Gasteiger partial charge < -0.3 is 15.4 Å². The highest BCUT2D eigenvalue weighted by atomic mass is 16.3. The van der Waals surface area contributed by atoms with Crippen molar-refractivity contribution < 1.29 is 5.11 Å². The lowest BCUT2D eigenvalue weighted by Gasteiger charge is -2.11. The Morgan fingerprint density at radius 2 is 2.04 bits per heavy atom. The summed E-state index contributed by atoms with van der Waals surface area (Å²) in [6.45, 7) is 8.82. The van der Waals surface area contributed by atoms with Crippen molar-refractivity contribution in [3.05, 3.63) is 56.8 Å². The Bertz CT molecular complexity index is 987. The summed E-state index contributed by atoms with van der Waals surface area (Å²) in [6.07, 6.45) is 1.81. The number of aromatic amines is 1. The molecule has 26 heavy (non-hydrogen) atoms. The fraction of sp³-hybridized carbons (Fsp3) is 0.421. The summed E-state index contributed by atoms with van der Waals surface area (Å²) >= 11 is 0. The SMILES string of the molecule is Cc1cc(C)c(CNCc2cc(CO)nc3c2cnn3C(C)C)c(=O)[nH]1. The minimum Gasteiger partial charge on any atom is -0.390 e. The second-order valence-corrected chi connectivity index (χ2v) is 6.90. The summed E-state index contributed by atoms with van der Waals surface area (Å²) in [4.78, 5) is 19.5. The van der Waals surface area contributed by atoms with Crippen LogP contribution in [0.3, 0.4) is 0 Å². The van der Waals surface area contributed by atoms with Crippen molar-refractivity contribution >= 4 is 11.0 Å². The number of hydrogen-bond acceptors (Lipinski definition) is 5. The molecule has 3 rings (SSSR count). The van der Waals surface area contributed by atoms with Gasteiger partial charge in [0.2, 0.25) is 0 Å². The number of aromatic nitrogens is 4. The third-order valence-electron chi connectivity index (χ3n) is 4.47. The third kappa shape index (κ3) is 3.54. The molecule has 0 aromatic carbocycles. The monoisotopic (exact) mass is 355 g/mol. The number of nitrogens with one attached hydrogen (secondary N) is 2. The first kappa shape index (κ1) is 18.3. The van der Waals surface area contributed by atoms with Crippen LogP contribution in [0.2, 0.25) is 0 Å². The maximum Gasteiger partial charge on any atom is 0.252 e. The van der Waals surface area contributed by atoms with Crippen molar-refractivity contribution in [3.8, 4) is 0 Å². The minimum absolute atomic E-state index is 0.0569. The number of aliphatic hydroxyl groups excluding tert-OH is 1. The lowest BCUT2D eigenvalue weighted by atomic mass is 10.1. The second kappa shape index (κ2) is 7.39. The standard InChI is InChI=1S/C19H25N5O2/c1-11(2)24-18-17(9-21-24)14(6-15(10-25)23-18)7-20-8-16-12(3)5-13(4)22-19(16)26/h5-6,9,11,20,25H,7-8,10H2,1-4H3,(H,22,26). The average Bonchev–Trinajstić information content (AvgIpc) is 3.01. The summed E-state index contributed by atoms with van der Waals surface area (Å²) in [5.41, 5.74) is 4.91. The number of fused-ring (bicyclic) bond motifs is 1. The molecule has 0 atom stereocenters. The smallest absolute Gasteiger partial charge is 0.252 e. The second-order valence-electron chi connectivity index (χ2n) is 6.90. The Kier molecular flexibility index (Phi) is 5.20. The molecule has 0 unspecified atom stereocenters. The molecule has 0 aliphatic heterocycles. The first-order valence-corrected chi connectivity index (χ1v) is 8.77.